The van der Waals surface area contributed by atoms with Crippen LogP contribution in [0.5, 0.6) is 0 Å². The van der Waals surface area contributed by atoms with Crippen LogP contribution in [-0.4, -0.2) is 56.6 Å². The topological polar surface area (TPSA) is 81.6 Å². The van der Waals surface area contributed by atoms with Crippen LogP contribution in [0.2, 0.25) is 0 Å². The molecule has 2 N–H and O–H groups in total. The first-order valence-corrected chi connectivity index (χ1v) is 13.7. The highest BCUT2D eigenvalue weighted by Gasteiger charge is 2.30. The van der Waals surface area contributed by atoms with Gasteiger partial charge in [-0.3, -0.25) is 9.30 Å². The summed E-state index contributed by atoms with van der Waals surface area (Å²) in [7, 11) is 0. The molecule has 0 radical (unpaired) electrons. The van der Waals surface area contributed by atoms with Gasteiger partial charge in [-0.1, -0.05) is 48.5 Å². The zero-order chi connectivity index (χ0) is 25.5. The Morgan fingerprint density at radius 3 is 2.45 bits per heavy atom. The minimum Gasteiger partial charge on any atom is -0.382 e. The molecule has 2 aromatic carbocycles. The maximum Gasteiger partial charge on any atom is 0.150 e. The van der Waals surface area contributed by atoms with E-state index in [9.17, 15) is 0 Å². The number of nitrogens with zero attached hydrogens (tertiary/aromatic N) is 5. The van der Waals surface area contributed by atoms with Crippen LogP contribution >= 0.6 is 0 Å². The molecule has 7 nitrogen and oxygen atoms in total. The first kappa shape index (κ1) is 23.3. The van der Waals surface area contributed by atoms with E-state index in [4.69, 9.17) is 20.4 Å². The van der Waals surface area contributed by atoms with E-state index >= 15 is 0 Å². The number of anilines is 1. The number of imidazole rings is 1. The van der Waals surface area contributed by atoms with Gasteiger partial charge >= 0.3 is 0 Å². The first-order valence-electron chi connectivity index (χ1n) is 13.7. The van der Waals surface area contributed by atoms with Crippen LogP contribution in [-0.2, 0) is 4.74 Å². The maximum absolute atomic E-state index is 6.46. The Morgan fingerprint density at radius 1 is 0.842 bits per heavy atom. The number of hydrogen-bond acceptors (Lipinski definition) is 6. The summed E-state index contributed by atoms with van der Waals surface area (Å²) >= 11 is 0. The van der Waals surface area contributed by atoms with Gasteiger partial charge in [-0.2, -0.15) is 0 Å². The molecule has 1 aliphatic carbocycles. The van der Waals surface area contributed by atoms with Crippen molar-refractivity contribution in [1.29, 1.82) is 0 Å². The fourth-order valence-corrected chi connectivity index (χ4v) is 6.25. The molecule has 38 heavy (non-hydrogen) atoms. The van der Waals surface area contributed by atoms with Crippen LogP contribution in [0.3, 0.4) is 0 Å². The third kappa shape index (κ3) is 4.22. The molecule has 5 aromatic rings. The number of pyridine rings is 1. The van der Waals surface area contributed by atoms with E-state index in [0.717, 1.165) is 83.9 Å². The molecular formula is C31H32N6O. The second kappa shape index (κ2) is 9.82. The monoisotopic (exact) mass is 504 g/mol. The van der Waals surface area contributed by atoms with Gasteiger partial charge in [0.2, 0.25) is 0 Å². The first-order chi connectivity index (χ1) is 18.7. The molecule has 2 aliphatic rings. The highest BCUT2D eigenvalue weighted by Crippen LogP contribution is 2.38. The Hall–Kier alpha value is -3.81. The number of fused-ring (bicyclic) bond motifs is 2. The number of morpholine rings is 1. The fourth-order valence-electron chi connectivity index (χ4n) is 6.25. The second-order valence-corrected chi connectivity index (χ2v) is 10.5. The van der Waals surface area contributed by atoms with Crippen molar-refractivity contribution in [2.24, 2.45) is 0 Å². The van der Waals surface area contributed by atoms with Crippen LogP contribution < -0.4 is 5.73 Å². The summed E-state index contributed by atoms with van der Waals surface area (Å²) in [6.07, 6.45) is 8.43. The summed E-state index contributed by atoms with van der Waals surface area (Å²) in [4.78, 5) is 17.3. The Morgan fingerprint density at radius 2 is 1.63 bits per heavy atom. The van der Waals surface area contributed by atoms with Gasteiger partial charge in [0.1, 0.15) is 22.9 Å². The summed E-state index contributed by atoms with van der Waals surface area (Å²) in [6, 6.07) is 21.5. The normalized spacial score (nSPS) is 20.7. The van der Waals surface area contributed by atoms with Crippen molar-refractivity contribution in [3.8, 4) is 22.5 Å². The number of nitrogen functional groups attached to an aromatic ring is 1. The average molecular weight is 505 g/mol. The molecule has 0 atom stereocenters. The van der Waals surface area contributed by atoms with Gasteiger partial charge in [0.05, 0.1) is 24.4 Å². The summed E-state index contributed by atoms with van der Waals surface area (Å²) in [6.45, 7) is 3.81. The molecule has 0 amide bonds. The highest BCUT2D eigenvalue weighted by molar-refractivity contribution is 5.91. The van der Waals surface area contributed by atoms with Crippen LogP contribution in [0, 0.1) is 0 Å². The SMILES string of the molecule is Nc1nccn2c(C3CCC(N4CCOCC4)CC3)nc(-c3ccc4ccc(-c5ccccc5)nc4c3)c12. The van der Waals surface area contributed by atoms with Crippen molar-refractivity contribution in [3.63, 3.8) is 0 Å². The van der Waals surface area contributed by atoms with Crippen molar-refractivity contribution in [2.45, 2.75) is 37.6 Å². The van der Waals surface area contributed by atoms with Crippen LogP contribution in [0.1, 0.15) is 37.4 Å². The summed E-state index contributed by atoms with van der Waals surface area (Å²) in [5.74, 6) is 2.00. The maximum atomic E-state index is 6.46. The molecule has 2 fully saturated rings. The molecular weight excluding hydrogens is 472 g/mol. The molecule has 1 saturated carbocycles. The van der Waals surface area contributed by atoms with Gasteiger partial charge in [-0.25, -0.2) is 15.0 Å². The Labute approximate surface area is 222 Å². The lowest BCUT2D eigenvalue weighted by Gasteiger charge is -2.38. The lowest BCUT2D eigenvalue weighted by Crippen LogP contribution is -2.44. The number of benzene rings is 2. The van der Waals surface area contributed by atoms with Gasteiger partial charge in [-0.05, 0) is 37.8 Å². The number of rotatable bonds is 4. The molecule has 0 unspecified atom stereocenters. The van der Waals surface area contributed by atoms with Crippen LogP contribution in [0.15, 0.2) is 73.1 Å². The molecule has 7 rings (SSSR count). The third-order valence-corrected chi connectivity index (χ3v) is 8.27. The molecule has 4 heterocycles. The predicted molar refractivity (Wildman–Crippen MR) is 151 cm³/mol. The van der Waals surface area contributed by atoms with Gasteiger partial charge in [0.25, 0.3) is 0 Å². The number of hydrogen-bond donors (Lipinski definition) is 1. The Balaban J connectivity index is 1.24. The molecule has 7 heteroatoms. The lowest BCUT2D eigenvalue weighted by molar-refractivity contribution is 0.00710. The molecule has 0 spiro atoms. The molecule has 192 valence electrons. The largest absolute Gasteiger partial charge is 0.382 e. The Bertz CT molecular complexity index is 1580. The molecule has 3 aromatic heterocycles. The van der Waals surface area contributed by atoms with Gasteiger partial charge in [0, 0.05) is 54.0 Å². The Kier molecular flexibility index (Phi) is 6.02. The minimum absolute atomic E-state index is 0.401. The predicted octanol–water partition coefficient (Wildman–Crippen LogP) is 5.55. The van der Waals surface area contributed by atoms with Crippen molar-refractivity contribution in [1.82, 2.24) is 24.3 Å². The van der Waals surface area contributed by atoms with Gasteiger partial charge in [-0.15, -0.1) is 0 Å². The lowest BCUT2D eigenvalue weighted by atomic mass is 9.84. The number of nitrogens with two attached hydrogens (primary N) is 1. The quantitative estimate of drug-likeness (QED) is 0.346. The van der Waals surface area contributed by atoms with E-state index < -0.39 is 0 Å². The summed E-state index contributed by atoms with van der Waals surface area (Å²) < 4.78 is 7.74. The van der Waals surface area contributed by atoms with Crippen molar-refractivity contribution >= 4 is 22.2 Å². The highest BCUT2D eigenvalue weighted by atomic mass is 16.5. The van der Waals surface area contributed by atoms with E-state index in [-0.39, 0.29) is 0 Å². The van der Waals surface area contributed by atoms with Gasteiger partial charge < -0.3 is 10.5 Å². The summed E-state index contributed by atoms with van der Waals surface area (Å²) in [5.41, 5.74) is 12.3. The average Bonchev–Trinajstić information content (AvgIpc) is 3.39. The smallest absolute Gasteiger partial charge is 0.150 e. The zero-order valence-corrected chi connectivity index (χ0v) is 21.5. The van der Waals surface area contributed by atoms with Crippen molar-refractivity contribution < 1.29 is 4.74 Å². The van der Waals surface area contributed by atoms with E-state index in [1.165, 1.54) is 12.8 Å². The molecule has 0 bridgehead atoms. The third-order valence-electron chi connectivity index (χ3n) is 8.27. The van der Waals surface area contributed by atoms with E-state index in [1.54, 1.807) is 6.20 Å². The number of aromatic nitrogens is 4. The van der Waals surface area contributed by atoms with Crippen LogP contribution in [0.25, 0.3) is 38.9 Å². The van der Waals surface area contributed by atoms with E-state index in [0.29, 0.717) is 17.8 Å². The minimum atomic E-state index is 0.401. The standard InChI is InChI=1S/C31H32N6O/c32-30-29-28(24-7-6-22-10-13-26(34-27(22)20-24)21-4-2-1-3-5-21)35-31(37(29)15-14-33-30)23-8-11-25(12-9-23)36-16-18-38-19-17-36/h1-7,10,13-15,20,23,25H,8-9,11-12,16-19H2,(H2,32,33). The molecule has 1 aliphatic heterocycles. The van der Waals surface area contributed by atoms with E-state index in [1.807, 2.05) is 24.4 Å². The second-order valence-electron chi connectivity index (χ2n) is 10.5. The van der Waals surface area contributed by atoms with Gasteiger partial charge in [0.15, 0.2) is 0 Å². The number of ether oxygens (including phenoxy) is 1. The van der Waals surface area contributed by atoms with Crippen molar-refractivity contribution in [2.75, 3.05) is 32.0 Å². The van der Waals surface area contributed by atoms with Crippen LogP contribution in [0.4, 0.5) is 5.82 Å². The zero-order valence-electron chi connectivity index (χ0n) is 21.5. The summed E-state index contributed by atoms with van der Waals surface area (Å²) in [5, 5.41) is 1.10. The van der Waals surface area contributed by atoms with E-state index in [2.05, 4.69) is 56.7 Å². The fraction of sp³-hybridized carbons (Fsp3) is 0.323. The van der Waals surface area contributed by atoms with Crippen molar-refractivity contribution in [3.05, 3.63) is 78.9 Å². The molecule has 1 saturated heterocycles.